The van der Waals surface area contributed by atoms with Gasteiger partial charge in [-0.15, -0.1) is 0 Å². The highest BCUT2D eigenvalue weighted by atomic mass is 16.1. The minimum atomic E-state index is 0.115. The number of hydrogen-bond donors (Lipinski definition) is 2. The smallest absolute Gasteiger partial charge is 0.224 e. The highest BCUT2D eigenvalue weighted by molar-refractivity contribution is 5.88. The molecule has 106 valence electrons. The van der Waals surface area contributed by atoms with E-state index in [9.17, 15) is 4.79 Å². The topological polar surface area (TPSA) is 48.1 Å². The second-order valence-electron chi connectivity index (χ2n) is 5.76. The van der Waals surface area contributed by atoms with Crippen LogP contribution in [0, 0.1) is 5.92 Å². The Balaban J connectivity index is 1.56. The lowest BCUT2D eigenvalue weighted by Crippen LogP contribution is -2.31. The number of likely N-dealkylation sites (tertiary alicyclic amines) is 1. The van der Waals surface area contributed by atoms with E-state index >= 15 is 0 Å². The van der Waals surface area contributed by atoms with Gasteiger partial charge in [0.1, 0.15) is 0 Å². The standard InChI is InChI=1S/C16H21N3O/c1-19-7-6-12(11-19)9-18-16(20)8-13-10-17-15-5-3-2-4-14(13)15/h2-5,10,12,17H,6-9,11H2,1H3,(H,18,20). The van der Waals surface area contributed by atoms with Crippen LogP contribution in [0.2, 0.25) is 0 Å². The SMILES string of the molecule is CN1CCC(CNC(=O)Cc2c[nH]c3ccccc23)C1. The molecule has 0 bridgehead atoms. The normalized spacial score (nSPS) is 19.6. The fourth-order valence-electron chi connectivity index (χ4n) is 2.96. The van der Waals surface area contributed by atoms with Crippen LogP contribution in [0.4, 0.5) is 0 Å². The van der Waals surface area contributed by atoms with Gasteiger partial charge in [-0.25, -0.2) is 0 Å². The van der Waals surface area contributed by atoms with E-state index in [4.69, 9.17) is 0 Å². The summed E-state index contributed by atoms with van der Waals surface area (Å²) in [6.07, 6.45) is 3.57. The zero-order chi connectivity index (χ0) is 13.9. The lowest BCUT2D eigenvalue weighted by molar-refractivity contribution is -0.120. The summed E-state index contributed by atoms with van der Waals surface area (Å²) >= 11 is 0. The Morgan fingerprint density at radius 1 is 1.45 bits per heavy atom. The van der Waals surface area contributed by atoms with Gasteiger partial charge in [-0.05, 0) is 37.6 Å². The van der Waals surface area contributed by atoms with Crippen molar-refractivity contribution < 1.29 is 4.79 Å². The van der Waals surface area contributed by atoms with Gasteiger partial charge in [0.15, 0.2) is 0 Å². The average Bonchev–Trinajstić information content (AvgIpc) is 3.04. The molecule has 1 aliphatic rings. The van der Waals surface area contributed by atoms with Gasteiger partial charge in [0.25, 0.3) is 0 Å². The number of benzene rings is 1. The summed E-state index contributed by atoms with van der Waals surface area (Å²) < 4.78 is 0. The minimum absolute atomic E-state index is 0.115. The zero-order valence-electron chi connectivity index (χ0n) is 11.9. The van der Waals surface area contributed by atoms with Crippen molar-refractivity contribution in [3.05, 3.63) is 36.0 Å². The Bertz CT molecular complexity index is 605. The maximum absolute atomic E-state index is 12.1. The van der Waals surface area contributed by atoms with Gasteiger partial charge in [0.2, 0.25) is 5.91 Å². The third kappa shape index (κ3) is 2.85. The lowest BCUT2D eigenvalue weighted by Gasteiger charge is -2.11. The number of nitrogens with one attached hydrogen (secondary N) is 2. The van der Waals surface area contributed by atoms with E-state index in [1.54, 1.807) is 0 Å². The Kier molecular flexibility index (Phi) is 3.74. The van der Waals surface area contributed by atoms with Crippen LogP contribution in [-0.2, 0) is 11.2 Å². The third-order valence-electron chi connectivity index (χ3n) is 4.10. The van der Waals surface area contributed by atoms with E-state index in [0.717, 1.165) is 36.1 Å². The maximum atomic E-state index is 12.1. The second kappa shape index (κ2) is 5.67. The van der Waals surface area contributed by atoms with E-state index in [2.05, 4.69) is 28.3 Å². The van der Waals surface area contributed by atoms with Crippen molar-refractivity contribution in [1.82, 2.24) is 15.2 Å². The summed E-state index contributed by atoms with van der Waals surface area (Å²) in [7, 11) is 2.13. The van der Waals surface area contributed by atoms with Crippen molar-refractivity contribution in [2.45, 2.75) is 12.8 Å². The summed E-state index contributed by atoms with van der Waals surface area (Å²) in [5, 5.41) is 4.21. The number of amides is 1. The Morgan fingerprint density at radius 2 is 2.30 bits per heavy atom. The molecule has 1 amide bonds. The van der Waals surface area contributed by atoms with E-state index in [1.165, 1.54) is 6.42 Å². The first-order valence-electron chi connectivity index (χ1n) is 7.22. The lowest BCUT2D eigenvalue weighted by atomic mass is 10.1. The van der Waals surface area contributed by atoms with Crippen LogP contribution >= 0.6 is 0 Å². The molecule has 1 fully saturated rings. The minimum Gasteiger partial charge on any atom is -0.361 e. The van der Waals surface area contributed by atoms with Crippen molar-refractivity contribution >= 4 is 16.8 Å². The zero-order valence-corrected chi connectivity index (χ0v) is 11.9. The van der Waals surface area contributed by atoms with Crippen LogP contribution in [0.5, 0.6) is 0 Å². The quantitative estimate of drug-likeness (QED) is 0.890. The number of aromatic amines is 1. The molecular formula is C16H21N3O. The first kappa shape index (κ1) is 13.2. The van der Waals surface area contributed by atoms with Crippen molar-refractivity contribution in [3.8, 4) is 0 Å². The van der Waals surface area contributed by atoms with Crippen molar-refractivity contribution in [1.29, 1.82) is 0 Å². The van der Waals surface area contributed by atoms with Crippen LogP contribution < -0.4 is 5.32 Å². The van der Waals surface area contributed by atoms with Gasteiger partial charge in [-0.2, -0.15) is 0 Å². The van der Waals surface area contributed by atoms with Crippen molar-refractivity contribution in [2.75, 3.05) is 26.7 Å². The number of carbonyl (C=O) groups is 1. The molecule has 0 aliphatic carbocycles. The van der Waals surface area contributed by atoms with Gasteiger partial charge >= 0.3 is 0 Å². The number of nitrogens with zero attached hydrogens (tertiary/aromatic N) is 1. The molecule has 0 spiro atoms. The van der Waals surface area contributed by atoms with Gasteiger partial charge in [0, 0.05) is 30.2 Å². The molecule has 1 atom stereocenters. The number of rotatable bonds is 4. The summed E-state index contributed by atoms with van der Waals surface area (Å²) in [6, 6.07) is 8.09. The summed E-state index contributed by atoms with van der Waals surface area (Å²) in [4.78, 5) is 17.6. The molecule has 1 aliphatic heterocycles. The molecule has 2 heterocycles. The highest BCUT2D eigenvalue weighted by Crippen LogP contribution is 2.18. The summed E-state index contributed by atoms with van der Waals surface area (Å²) in [5.41, 5.74) is 2.16. The number of hydrogen-bond acceptors (Lipinski definition) is 2. The van der Waals surface area contributed by atoms with E-state index in [1.807, 2.05) is 24.4 Å². The molecular weight excluding hydrogens is 250 g/mol. The predicted molar refractivity (Wildman–Crippen MR) is 80.6 cm³/mol. The number of aromatic nitrogens is 1. The van der Waals surface area contributed by atoms with Crippen molar-refractivity contribution in [2.24, 2.45) is 5.92 Å². The van der Waals surface area contributed by atoms with E-state index in [0.29, 0.717) is 12.3 Å². The molecule has 0 radical (unpaired) electrons. The van der Waals surface area contributed by atoms with Gasteiger partial charge in [-0.1, -0.05) is 18.2 Å². The molecule has 4 heteroatoms. The first-order valence-corrected chi connectivity index (χ1v) is 7.22. The molecule has 3 rings (SSSR count). The van der Waals surface area contributed by atoms with Crippen LogP contribution in [0.3, 0.4) is 0 Å². The van der Waals surface area contributed by atoms with Gasteiger partial charge in [0.05, 0.1) is 6.42 Å². The molecule has 1 aromatic heterocycles. The Hall–Kier alpha value is -1.81. The molecule has 1 saturated heterocycles. The van der Waals surface area contributed by atoms with Crippen LogP contribution in [0.25, 0.3) is 10.9 Å². The van der Waals surface area contributed by atoms with Crippen LogP contribution in [0.15, 0.2) is 30.5 Å². The van der Waals surface area contributed by atoms with Crippen LogP contribution in [-0.4, -0.2) is 42.5 Å². The Labute approximate surface area is 119 Å². The predicted octanol–water partition coefficient (Wildman–Crippen LogP) is 1.78. The molecule has 2 N–H and O–H groups in total. The van der Waals surface area contributed by atoms with Gasteiger partial charge in [-0.3, -0.25) is 4.79 Å². The summed E-state index contributed by atoms with van der Waals surface area (Å²) in [5.74, 6) is 0.719. The number of fused-ring (bicyclic) bond motifs is 1. The second-order valence-corrected chi connectivity index (χ2v) is 5.76. The van der Waals surface area contributed by atoms with Gasteiger partial charge < -0.3 is 15.2 Å². The molecule has 1 aromatic carbocycles. The molecule has 4 nitrogen and oxygen atoms in total. The Morgan fingerprint density at radius 3 is 3.10 bits per heavy atom. The van der Waals surface area contributed by atoms with E-state index in [-0.39, 0.29) is 5.91 Å². The first-order chi connectivity index (χ1) is 9.72. The largest absolute Gasteiger partial charge is 0.361 e. The monoisotopic (exact) mass is 271 g/mol. The highest BCUT2D eigenvalue weighted by Gasteiger charge is 2.19. The summed E-state index contributed by atoms with van der Waals surface area (Å²) in [6.45, 7) is 3.03. The number of carbonyl (C=O) groups excluding carboxylic acids is 1. The maximum Gasteiger partial charge on any atom is 0.224 e. The molecule has 0 saturated carbocycles. The van der Waals surface area contributed by atoms with E-state index < -0.39 is 0 Å². The number of para-hydroxylation sites is 1. The number of H-pyrrole nitrogens is 1. The molecule has 2 aromatic rings. The fraction of sp³-hybridized carbons (Fsp3) is 0.438. The fourth-order valence-corrected chi connectivity index (χ4v) is 2.96. The molecule has 20 heavy (non-hydrogen) atoms. The average molecular weight is 271 g/mol. The molecule has 1 unspecified atom stereocenters. The van der Waals surface area contributed by atoms with Crippen molar-refractivity contribution in [3.63, 3.8) is 0 Å². The third-order valence-corrected chi connectivity index (χ3v) is 4.10. The van der Waals surface area contributed by atoms with Crippen LogP contribution in [0.1, 0.15) is 12.0 Å².